The number of carbonyl (C=O) groups is 2. The summed E-state index contributed by atoms with van der Waals surface area (Å²) in [4.78, 5) is 27.7. The van der Waals surface area contributed by atoms with Crippen LogP contribution in [0.3, 0.4) is 0 Å². The Morgan fingerprint density at radius 1 is 1.27 bits per heavy atom. The summed E-state index contributed by atoms with van der Waals surface area (Å²) < 4.78 is 0. The minimum atomic E-state index is -0.396. The van der Waals surface area contributed by atoms with Crippen LogP contribution in [-0.2, 0) is 17.8 Å². The number of amides is 3. The fourth-order valence-electron chi connectivity index (χ4n) is 3.37. The van der Waals surface area contributed by atoms with Crippen LogP contribution in [0.15, 0.2) is 24.3 Å². The topological polar surface area (TPSA) is 52.7 Å². The number of urea groups is 1. The molecule has 3 rings (SSSR count). The highest BCUT2D eigenvalue weighted by molar-refractivity contribution is 6.03. The summed E-state index contributed by atoms with van der Waals surface area (Å²) in [6.07, 6.45) is 1.96. The first-order valence-electron chi connectivity index (χ1n) is 8.03. The monoisotopic (exact) mass is 301 g/mol. The fourth-order valence-corrected chi connectivity index (χ4v) is 3.37. The van der Waals surface area contributed by atoms with Crippen molar-refractivity contribution in [2.24, 2.45) is 0 Å². The molecule has 0 saturated carbocycles. The summed E-state index contributed by atoms with van der Waals surface area (Å²) in [6, 6.07) is 8.08. The SMILES string of the molecule is CCC(CN1C(=O)NC(C)C1=O)N1CCc2ccccc2C1. The van der Waals surface area contributed by atoms with Gasteiger partial charge in [-0.3, -0.25) is 14.6 Å². The second kappa shape index (κ2) is 6.08. The van der Waals surface area contributed by atoms with Crippen LogP contribution in [-0.4, -0.2) is 46.9 Å². The molecule has 0 aromatic heterocycles. The van der Waals surface area contributed by atoms with Crippen molar-refractivity contribution >= 4 is 11.9 Å². The van der Waals surface area contributed by atoms with Gasteiger partial charge in [0.15, 0.2) is 0 Å². The van der Waals surface area contributed by atoms with Crippen molar-refractivity contribution in [2.75, 3.05) is 13.1 Å². The lowest BCUT2D eigenvalue weighted by Crippen LogP contribution is -2.47. The molecule has 2 aliphatic heterocycles. The van der Waals surface area contributed by atoms with Crippen LogP contribution in [0, 0.1) is 0 Å². The van der Waals surface area contributed by atoms with Crippen LogP contribution >= 0.6 is 0 Å². The maximum atomic E-state index is 12.1. The van der Waals surface area contributed by atoms with Gasteiger partial charge >= 0.3 is 6.03 Å². The predicted molar refractivity (Wildman–Crippen MR) is 84.3 cm³/mol. The van der Waals surface area contributed by atoms with Crippen molar-refractivity contribution in [3.05, 3.63) is 35.4 Å². The molecular formula is C17H23N3O2. The number of imide groups is 1. The van der Waals surface area contributed by atoms with Crippen molar-refractivity contribution in [3.8, 4) is 0 Å². The van der Waals surface area contributed by atoms with Crippen molar-refractivity contribution in [1.29, 1.82) is 0 Å². The Labute approximate surface area is 131 Å². The molecule has 3 amide bonds. The Morgan fingerprint density at radius 3 is 2.64 bits per heavy atom. The van der Waals surface area contributed by atoms with Gasteiger partial charge in [-0.1, -0.05) is 31.2 Å². The maximum absolute atomic E-state index is 12.1. The van der Waals surface area contributed by atoms with Gasteiger partial charge in [-0.25, -0.2) is 4.79 Å². The molecule has 118 valence electrons. The Hall–Kier alpha value is -1.88. The summed E-state index contributed by atoms with van der Waals surface area (Å²) in [6.45, 7) is 6.21. The van der Waals surface area contributed by atoms with Gasteiger partial charge in [-0.05, 0) is 30.9 Å². The zero-order chi connectivity index (χ0) is 15.7. The molecule has 0 radical (unpaired) electrons. The molecule has 1 aromatic rings. The minimum Gasteiger partial charge on any atom is -0.326 e. The lowest BCUT2D eigenvalue weighted by atomic mass is 9.98. The van der Waals surface area contributed by atoms with Crippen LogP contribution in [0.1, 0.15) is 31.4 Å². The summed E-state index contributed by atoms with van der Waals surface area (Å²) in [7, 11) is 0. The molecule has 2 unspecified atom stereocenters. The maximum Gasteiger partial charge on any atom is 0.324 e. The number of hydrogen-bond acceptors (Lipinski definition) is 3. The van der Waals surface area contributed by atoms with Gasteiger partial charge in [0.1, 0.15) is 6.04 Å². The van der Waals surface area contributed by atoms with Gasteiger partial charge in [-0.2, -0.15) is 0 Å². The van der Waals surface area contributed by atoms with Gasteiger partial charge in [0, 0.05) is 25.7 Å². The van der Waals surface area contributed by atoms with E-state index in [2.05, 4.69) is 41.4 Å². The largest absolute Gasteiger partial charge is 0.326 e. The molecule has 5 nitrogen and oxygen atoms in total. The second-order valence-corrected chi connectivity index (χ2v) is 6.17. The van der Waals surface area contributed by atoms with Crippen LogP contribution < -0.4 is 5.32 Å². The van der Waals surface area contributed by atoms with E-state index in [1.165, 1.54) is 16.0 Å². The van der Waals surface area contributed by atoms with Crippen molar-refractivity contribution in [2.45, 2.75) is 45.3 Å². The van der Waals surface area contributed by atoms with Crippen LogP contribution in [0.4, 0.5) is 4.79 Å². The van der Waals surface area contributed by atoms with Gasteiger partial charge in [0.25, 0.3) is 5.91 Å². The quantitative estimate of drug-likeness (QED) is 0.862. The lowest BCUT2D eigenvalue weighted by Gasteiger charge is -2.36. The lowest BCUT2D eigenvalue weighted by molar-refractivity contribution is -0.127. The van der Waals surface area contributed by atoms with E-state index in [4.69, 9.17) is 0 Å². The van der Waals surface area contributed by atoms with E-state index in [9.17, 15) is 9.59 Å². The minimum absolute atomic E-state index is 0.110. The first kappa shape index (κ1) is 15.0. The molecule has 0 bridgehead atoms. The standard InChI is InChI=1S/C17H23N3O2/c1-3-15(11-20-16(21)12(2)18-17(20)22)19-9-8-13-6-4-5-7-14(13)10-19/h4-7,12,15H,3,8-11H2,1-2H3,(H,18,22). The van der Waals surface area contributed by atoms with E-state index >= 15 is 0 Å². The molecular weight excluding hydrogens is 278 g/mol. The Balaban J connectivity index is 1.70. The van der Waals surface area contributed by atoms with Crippen molar-refractivity contribution in [3.63, 3.8) is 0 Å². The molecule has 0 aliphatic carbocycles. The molecule has 1 fully saturated rings. The number of rotatable bonds is 4. The average molecular weight is 301 g/mol. The van der Waals surface area contributed by atoms with Crippen molar-refractivity contribution in [1.82, 2.24) is 15.1 Å². The number of nitrogens with zero attached hydrogens (tertiary/aromatic N) is 2. The Kier molecular flexibility index (Phi) is 4.16. The van der Waals surface area contributed by atoms with Gasteiger partial charge < -0.3 is 5.32 Å². The fraction of sp³-hybridized carbons (Fsp3) is 0.529. The van der Waals surface area contributed by atoms with Gasteiger partial charge in [0.05, 0.1) is 0 Å². The molecule has 0 spiro atoms. The molecule has 5 heteroatoms. The van der Waals surface area contributed by atoms with E-state index in [1.807, 2.05) is 0 Å². The van der Waals surface area contributed by atoms with Gasteiger partial charge in [0.2, 0.25) is 0 Å². The molecule has 2 atom stereocenters. The van der Waals surface area contributed by atoms with Crippen LogP contribution in [0.5, 0.6) is 0 Å². The molecule has 1 aromatic carbocycles. The molecule has 2 aliphatic rings. The first-order chi connectivity index (χ1) is 10.6. The third-order valence-corrected chi connectivity index (χ3v) is 4.76. The summed E-state index contributed by atoms with van der Waals surface area (Å²) in [5.74, 6) is -0.110. The van der Waals surface area contributed by atoms with Gasteiger partial charge in [-0.15, -0.1) is 0 Å². The molecule has 1 N–H and O–H groups in total. The summed E-state index contributed by atoms with van der Waals surface area (Å²) >= 11 is 0. The van der Waals surface area contributed by atoms with E-state index in [0.29, 0.717) is 6.54 Å². The van der Waals surface area contributed by atoms with E-state index in [-0.39, 0.29) is 18.0 Å². The zero-order valence-corrected chi connectivity index (χ0v) is 13.2. The molecule has 2 heterocycles. The van der Waals surface area contributed by atoms with E-state index in [1.54, 1.807) is 6.92 Å². The second-order valence-electron chi connectivity index (χ2n) is 6.17. The Bertz CT molecular complexity index is 587. The first-order valence-corrected chi connectivity index (χ1v) is 8.03. The number of carbonyl (C=O) groups excluding carboxylic acids is 2. The number of nitrogens with one attached hydrogen (secondary N) is 1. The third kappa shape index (κ3) is 2.73. The summed E-state index contributed by atoms with van der Waals surface area (Å²) in [5, 5.41) is 2.68. The van der Waals surface area contributed by atoms with Crippen molar-refractivity contribution < 1.29 is 9.59 Å². The van der Waals surface area contributed by atoms with E-state index < -0.39 is 6.04 Å². The molecule has 22 heavy (non-hydrogen) atoms. The van der Waals surface area contributed by atoms with Crippen LogP contribution in [0.2, 0.25) is 0 Å². The normalized spacial score (nSPS) is 23.4. The zero-order valence-electron chi connectivity index (χ0n) is 13.2. The third-order valence-electron chi connectivity index (χ3n) is 4.76. The average Bonchev–Trinajstić information content (AvgIpc) is 2.77. The summed E-state index contributed by atoms with van der Waals surface area (Å²) in [5.41, 5.74) is 2.77. The highest BCUT2D eigenvalue weighted by Gasteiger charge is 2.37. The number of hydrogen-bond donors (Lipinski definition) is 1. The number of fused-ring (bicyclic) bond motifs is 1. The smallest absolute Gasteiger partial charge is 0.324 e. The number of benzene rings is 1. The predicted octanol–water partition coefficient (Wildman–Crippen LogP) is 1.76. The Morgan fingerprint density at radius 2 is 2.00 bits per heavy atom. The highest BCUT2D eigenvalue weighted by atomic mass is 16.2. The highest BCUT2D eigenvalue weighted by Crippen LogP contribution is 2.22. The van der Waals surface area contributed by atoms with E-state index in [0.717, 1.165) is 25.9 Å². The van der Waals surface area contributed by atoms with Crippen LogP contribution in [0.25, 0.3) is 0 Å². The molecule has 1 saturated heterocycles.